The molecule has 0 aromatic heterocycles. The molecule has 0 saturated heterocycles. The van der Waals surface area contributed by atoms with Gasteiger partial charge in [-0.05, 0) is 6.42 Å². The van der Waals surface area contributed by atoms with Crippen LogP contribution in [0.3, 0.4) is 0 Å². The summed E-state index contributed by atoms with van der Waals surface area (Å²) in [6.45, 7) is 35.8. The molecule has 0 rings (SSSR count). The van der Waals surface area contributed by atoms with Crippen LogP contribution in [0.5, 0.6) is 0 Å². The molecule has 0 amide bonds. The van der Waals surface area contributed by atoms with Gasteiger partial charge in [0.15, 0.2) is 0 Å². The molecule has 0 fully saturated rings. The van der Waals surface area contributed by atoms with Crippen molar-refractivity contribution in [1.82, 2.24) is 0 Å². The standard InChI is InChI=1S/C6H12.5C2H4/c1-3-5-6-4-2;5*1-2/h3H,1,4-6H2,2H3;5*1-2H2. The molecule has 16 heavy (non-hydrogen) atoms. The predicted molar refractivity (Wildman–Crippen MR) is 86.0 cm³/mol. The molecule has 0 radical (unpaired) electrons. The molecule has 0 unspecified atom stereocenters. The Balaban J connectivity index is -0.0000000214. The van der Waals surface area contributed by atoms with Crippen molar-refractivity contribution in [2.45, 2.75) is 26.2 Å². The fraction of sp³-hybridized carbons (Fsp3) is 0.250. The van der Waals surface area contributed by atoms with E-state index in [1.54, 1.807) is 0 Å². The van der Waals surface area contributed by atoms with Gasteiger partial charge in [0.1, 0.15) is 0 Å². The quantitative estimate of drug-likeness (QED) is 0.386. The number of unbranched alkanes of at least 4 members (excludes halogenated alkanes) is 2. The van der Waals surface area contributed by atoms with Crippen LogP contribution in [0.1, 0.15) is 26.2 Å². The highest BCUT2D eigenvalue weighted by atomic mass is 13.8. The van der Waals surface area contributed by atoms with Crippen LogP contribution in [0.25, 0.3) is 0 Å². The maximum absolute atomic E-state index is 3.60. The third-order valence-electron chi connectivity index (χ3n) is 0.762. The topological polar surface area (TPSA) is 0 Å². The third-order valence-corrected chi connectivity index (χ3v) is 0.762. The number of hydrogen-bond acceptors (Lipinski definition) is 0. The molecule has 0 aromatic carbocycles. The molecule has 0 atom stereocenters. The van der Waals surface area contributed by atoms with E-state index < -0.39 is 0 Å². The van der Waals surface area contributed by atoms with Crippen molar-refractivity contribution < 1.29 is 0 Å². The lowest BCUT2D eigenvalue weighted by Gasteiger charge is -1.81. The fourth-order valence-corrected chi connectivity index (χ4v) is 0.348. The Labute approximate surface area is 105 Å². The van der Waals surface area contributed by atoms with Crippen molar-refractivity contribution in [3.8, 4) is 0 Å². The van der Waals surface area contributed by atoms with Gasteiger partial charge in [0, 0.05) is 0 Å². The largest absolute Gasteiger partial charge is 0.106 e. The highest BCUT2D eigenvalue weighted by Gasteiger charge is 1.71. The van der Waals surface area contributed by atoms with Gasteiger partial charge in [-0.25, -0.2) is 0 Å². The van der Waals surface area contributed by atoms with E-state index >= 15 is 0 Å². The zero-order valence-corrected chi connectivity index (χ0v) is 11.5. The first-order valence-electron chi connectivity index (χ1n) is 5.02. The lowest BCUT2D eigenvalue weighted by Crippen LogP contribution is -1.61. The van der Waals surface area contributed by atoms with Crippen molar-refractivity contribution in [1.29, 1.82) is 0 Å². The Morgan fingerprint density at radius 2 is 0.938 bits per heavy atom. The van der Waals surface area contributed by atoms with Crippen molar-refractivity contribution in [3.05, 3.63) is 78.4 Å². The molecule has 0 bridgehead atoms. The summed E-state index contributed by atoms with van der Waals surface area (Å²) >= 11 is 0. The highest BCUT2D eigenvalue weighted by Crippen LogP contribution is 1.91. The summed E-state index contributed by atoms with van der Waals surface area (Å²) in [6, 6.07) is 0. The van der Waals surface area contributed by atoms with Crippen molar-refractivity contribution >= 4 is 0 Å². The van der Waals surface area contributed by atoms with E-state index in [1.165, 1.54) is 19.3 Å². The van der Waals surface area contributed by atoms with E-state index in [9.17, 15) is 0 Å². The first-order valence-corrected chi connectivity index (χ1v) is 5.02. The van der Waals surface area contributed by atoms with E-state index in [0.717, 1.165) is 0 Å². The maximum atomic E-state index is 3.60. The first kappa shape index (κ1) is 36.6. The van der Waals surface area contributed by atoms with E-state index in [0.29, 0.717) is 0 Å². The third kappa shape index (κ3) is 785. The molecule has 0 N–H and O–H groups in total. The van der Waals surface area contributed by atoms with Gasteiger partial charge >= 0.3 is 0 Å². The normalized spacial score (nSPS) is 4.31. The van der Waals surface area contributed by atoms with E-state index in [2.05, 4.69) is 79.3 Å². The Morgan fingerprint density at radius 1 is 0.688 bits per heavy atom. The van der Waals surface area contributed by atoms with Gasteiger partial charge in [0.25, 0.3) is 0 Å². The Bertz CT molecular complexity index is 62.5. The minimum Gasteiger partial charge on any atom is -0.106 e. The minimum atomic E-state index is 1.18. The van der Waals surface area contributed by atoms with E-state index in [4.69, 9.17) is 0 Å². The van der Waals surface area contributed by atoms with E-state index in [-0.39, 0.29) is 0 Å². The summed E-state index contributed by atoms with van der Waals surface area (Å²) in [7, 11) is 0. The van der Waals surface area contributed by atoms with Gasteiger partial charge in [-0.1, -0.05) is 25.8 Å². The molecule has 0 nitrogen and oxygen atoms in total. The molecular formula is C16H32. The molecule has 0 aliphatic carbocycles. The Kier molecular flexibility index (Phi) is 800. The molecule has 0 aromatic rings. The molecule has 0 spiro atoms. The van der Waals surface area contributed by atoms with Crippen LogP contribution in [-0.2, 0) is 0 Å². The van der Waals surface area contributed by atoms with Crippen molar-refractivity contribution in [3.63, 3.8) is 0 Å². The minimum absolute atomic E-state index is 1.18. The van der Waals surface area contributed by atoms with Crippen LogP contribution < -0.4 is 0 Å². The summed E-state index contributed by atoms with van der Waals surface area (Å²) in [5.74, 6) is 0. The van der Waals surface area contributed by atoms with Gasteiger partial charge in [-0.2, -0.15) is 0 Å². The summed E-state index contributed by atoms with van der Waals surface area (Å²) in [6.07, 6.45) is 5.72. The molecular weight excluding hydrogens is 192 g/mol. The lowest BCUT2D eigenvalue weighted by molar-refractivity contribution is 0.816. The monoisotopic (exact) mass is 224 g/mol. The average molecular weight is 224 g/mol. The van der Waals surface area contributed by atoms with Gasteiger partial charge < -0.3 is 0 Å². The van der Waals surface area contributed by atoms with Crippen molar-refractivity contribution in [2.24, 2.45) is 0 Å². The van der Waals surface area contributed by atoms with Gasteiger partial charge in [0.05, 0.1) is 0 Å². The SMILES string of the molecule is C=C.C=C.C=C.C=C.C=C.C=CCCCC. The van der Waals surface area contributed by atoms with Crippen LogP contribution >= 0.6 is 0 Å². The maximum Gasteiger partial charge on any atom is -0.0354 e. The van der Waals surface area contributed by atoms with Crippen LogP contribution in [0, 0.1) is 0 Å². The molecule has 0 heteroatoms. The van der Waals surface area contributed by atoms with Gasteiger partial charge in [-0.3, -0.25) is 0 Å². The first-order chi connectivity index (χ1) is 7.91. The number of rotatable bonds is 3. The molecule has 0 aliphatic rings. The Hall–Kier alpha value is -1.56. The van der Waals surface area contributed by atoms with Crippen LogP contribution in [0.2, 0.25) is 0 Å². The zero-order chi connectivity index (χ0) is 14.8. The highest BCUT2D eigenvalue weighted by molar-refractivity contribution is 4.64. The summed E-state index contributed by atoms with van der Waals surface area (Å²) < 4.78 is 0. The Morgan fingerprint density at radius 3 is 1.00 bits per heavy atom. The molecule has 0 aliphatic heterocycles. The predicted octanol–water partition coefficient (Wildman–Crippen LogP) is 6.37. The van der Waals surface area contributed by atoms with Crippen LogP contribution in [-0.4, -0.2) is 0 Å². The number of allylic oxidation sites excluding steroid dienone is 1. The second kappa shape index (κ2) is 349. The zero-order valence-electron chi connectivity index (χ0n) is 11.5. The summed E-state index contributed by atoms with van der Waals surface area (Å²) in [5.41, 5.74) is 0. The lowest BCUT2D eigenvalue weighted by atomic mass is 10.3. The molecule has 0 heterocycles. The van der Waals surface area contributed by atoms with Gasteiger partial charge in [-0.15, -0.1) is 72.4 Å². The summed E-state index contributed by atoms with van der Waals surface area (Å²) in [5, 5.41) is 0. The van der Waals surface area contributed by atoms with Gasteiger partial charge in [0.2, 0.25) is 0 Å². The molecule has 96 valence electrons. The smallest absolute Gasteiger partial charge is 0.0354 e. The molecule has 0 saturated carbocycles. The second-order valence-corrected chi connectivity index (χ2v) is 1.43. The number of hydrogen-bond donors (Lipinski definition) is 0. The van der Waals surface area contributed by atoms with Crippen LogP contribution in [0.4, 0.5) is 0 Å². The van der Waals surface area contributed by atoms with Crippen LogP contribution in [0.15, 0.2) is 78.4 Å². The summed E-state index contributed by atoms with van der Waals surface area (Å²) in [4.78, 5) is 0. The van der Waals surface area contributed by atoms with E-state index in [1.807, 2.05) is 6.08 Å². The average Bonchev–Trinajstić information content (AvgIpc) is 2.47. The van der Waals surface area contributed by atoms with Crippen molar-refractivity contribution in [2.75, 3.05) is 0 Å². The fourth-order valence-electron chi connectivity index (χ4n) is 0.348. The second-order valence-electron chi connectivity index (χ2n) is 1.43.